The van der Waals surface area contributed by atoms with Crippen molar-refractivity contribution in [3.8, 4) is 0 Å². The number of ether oxygens (including phenoxy) is 1. The SMILES string of the molecule is BC(=O)NC(CCSC)C(=O)OC.CN(C)C. The van der Waals surface area contributed by atoms with Gasteiger partial charge in [-0.25, -0.2) is 4.79 Å². The van der Waals surface area contributed by atoms with Crippen molar-refractivity contribution in [3.63, 3.8) is 0 Å². The van der Waals surface area contributed by atoms with Crippen LogP contribution in [0, 0.1) is 0 Å². The molecule has 1 unspecified atom stereocenters. The lowest BCUT2D eigenvalue weighted by Crippen LogP contribution is -2.41. The Morgan fingerprint density at radius 1 is 1.41 bits per heavy atom. The summed E-state index contributed by atoms with van der Waals surface area (Å²) >= 11 is 1.63. The van der Waals surface area contributed by atoms with E-state index in [1.165, 1.54) is 15.0 Å². The van der Waals surface area contributed by atoms with Crippen LogP contribution in [0.2, 0.25) is 0 Å². The number of nitrogens with zero attached hydrogens (tertiary/aromatic N) is 1. The lowest BCUT2D eigenvalue weighted by Gasteiger charge is -2.14. The average Bonchev–Trinajstić information content (AvgIpc) is 2.21. The van der Waals surface area contributed by atoms with Gasteiger partial charge in [-0.05, 0) is 39.6 Å². The quantitative estimate of drug-likeness (QED) is 0.549. The van der Waals surface area contributed by atoms with E-state index in [4.69, 9.17) is 0 Å². The number of hydrogen-bond acceptors (Lipinski definition) is 5. The molecule has 1 atom stereocenters. The molecule has 1 N–H and O–H groups in total. The first-order valence-electron chi connectivity index (χ1n) is 5.29. The van der Waals surface area contributed by atoms with Crippen molar-refractivity contribution in [1.82, 2.24) is 10.2 Å². The summed E-state index contributed by atoms with van der Waals surface area (Å²) in [4.78, 5) is 23.8. The molecule has 0 aliphatic carbocycles. The van der Waals surface area contributed by atoms with E-state index >= 15 is 0 Å². The lowest BCUT2D eigenvalue weighted by molar-refractivity contribution is -0.142. The summed E-state index contributed by atoms with van der Waals surface area (Å²) in [7, 11) is 8.70. The number of nitrogens with one attached hydrogen (secondary N) is 1. The summed E-state index contributed by atoms with van der Waals surface area (Å²) in [6.07, 6.45) is 2.55. The molecular weight excluding hydrogens is 239 g/mol. The summed E-state index contributed by atoms with van der Waals surface area (Å²) in [5, 5.41) is 2.54. The Morgan fingerprint density at radius 2 is 1.88 bits per heavy atom. The molecule has 0 bridgehead atoms. The van der Waals surface area contributed by atoms with E-state index in [9.17, 15) is 9.59 Å². The van der Waals surface area contributed by atoms with Crippen LogP contribution in [0.25, 0.3) is 0 Å². The topological polar surface area (TPSA) is 58.6 Å². The van der Waals surface area contributed by atoms with E-state index in [2.05, 4.69) is 10.1 Å². The molecule has 0 aliphatic heterocycles. The van der Waals surface area contributed by atoms with Gasteiger partial charge in [0.25, 0.3) is 0 Å². The van der Waals surface area contributed by atoms with Gasteiger partial charge in [0.2, 0.25) is 7.85 Å². The minimum atomic E-state index is -0.505. The van der Waals surface area contributed by atoms with Gasteiger partial charge in [-0.1, -0.05) is 0 Å². The van der Waals surface area contributed by atoms with Gasteiger partial charge in [-0.3, -0.25) is 4.79 Å². The maximum Gasteiger partial charge on any atom is 0.328 e. The van der Waals surface area contributed by atoms with Gasteiger partial charge in [0, 0.05) is 0 Å². The standard InChI is InChI=1S/C7H14BNO3S.C3H9N/c1-12-6(10)5(3-4-13-2)9-7(8)11;1-4(2)3/h5H,3-4,8H2,1-2H3,(H,9,11);1-3H3. The number of carbonyl (C=O) groups excluding carboxylic acids is 2. The molecule has 0 saturated carbocycles. The number of methoxy groups -OCH3 is 1. The molecule has 0 radical (unpaired) electrons. The van der Waals surface area contributed by atoms with Gasteiger partial charge in [-0.2, -0.15) is 11.8 Å². The Balaban J connectivity index is 0. The highest BCUT2D eigenvalue weighted by atomic mass is 32.2. The molecule has 1 amide bonds. The fourth-order valence-electron chi connectivity index (χ4n) is 0.872. The molecule has 0 spiro atoms. The minimum Gasteiger partial charge on any atom is -0.467 e. The van der Waals surface area contributed by atoms with Crippen LogP contribution in [-0.2, 0) is 9.53 Å². The third kappa shape index (κ3) is 15.3. The zero-order valence-electron chi connectivity index (χ0n) is 11.6. The Morgan fingerprint density at radius 3 is 2.18 bits per heavy atom. The molecular formula is C10H23BN2O3S. The van der Waals surface area contributed by atoms with Crippen molar-refractivity contribution >= 4 is 31.4 Å². The predicted molar refractivity (Wildman–Crippen MR) is 75.5 cm³/mol. The van der Waals surface area contributed by atoms with Gasteiger partial charge in [0.05, 0.1) is 7.11 Å². The van der Waals surface area contributed by atoms with Crippen molar-refractivity contribution < 1.29 is 14.3 Å². The second kappa shape index (κ2) is 11.8. The molecule has 5 nitrogen and oxygen atoms in total. The minimum absolute atomic E-state index is 0.212. The van der Waals surface area contributed by atoms with Crippen molar-refractivity contribution in [2.45, 2.75) is 12.5 Å². The molecule has 0 saturated heterocycles. The highest BCUT2D eigenvalue weighted by molar-refractivity contribution is 7.98. The first-order chi connectivity index (χ1) is 7.84. The molecule has 100 valence electrons. The van der Waals surface area contributed by atoms with E-state index in [1.807, 2.05) is 32.3 Å². The highest BCUT2D eigenvalue weighted by Gasteiger charge is 2.18. The number of rotatable bonds is 5. The van der Waals surface area contributed by atoms with Crippen molar-refractivity contribution in [3.05, 3.63) is 0 Å². The highest BCUT2D eigenvalue weighted by Crippen LogP contribution is 2.02. The number of thioether (sulfide) groups is 1. The van der Waals surface area contributed by atoms with Crippen LogP contribution in [0.4, 0.5) is 4.79 Å². The third-order valence-electron chi connectivity index (χ3n) is 1.47. The summed E-state index contributed by atoms with van der Waals surface area (Å²) in [6.45, 7) is 0. The maximum atomic E-state index is 11.1. The van der Waals surface area contributed by atoms with E-state index < -0.39 is 6.04 Å². The molecule has 0 heterocycles. The van der Waals surface area contributed by atoms with Gasteiger partial charge in [-0.15, -0.1) is 0 Å². The zero-order valence-corrected chi connectivity index (χ0v) is 12.4. The molecule has 0 aromatic heterocycles. The van der Waals surface area contributed by atoms with E-state index in [1.54, 1.807) is 11.8 Å². The van der Waals surface area contributed by atoms with Gasteiger partial charge in [0.1, 0.15) is 6.04 Å². The first-order valence-corrected chi connectivity index (χ1v) is 6.69. The van der Waals surface area contributed by atoms with Crippen molar-refractivity contribution in [1.29, 1.82) is 0 Å². The smallest absolute Gasteiger partial charge is 0.328 e. The Hall–Kier alpha value is -0.685. The predicted octanol–water partition coefficient (Wildman–Crippen LogP) is -0.198. The zero-order chi connectivity index (χ0) is 13.8. The molecule has 17 heavy (non-hydrogen) atoms. The first kappa shape index (κ1) is 18.7. The summed E-state index contributed by atoms with van der Waals surface area (Å²) in [5.74, 6) is 0.223. The normalized spacial score (nSPS) is 11.2. The van der Waals surface area contributed by atoms with Crippen LogP contribution >= 0.6 is 11.8 Å². The molecule has 0 aromatic carbocycles. The van der Waals surface area contributed by atoms with Crippen LogP contribution in [0.1, 0.15) is 6.42 Å². The maximum absolute atomic E-state index is 11.1. The van der Waals surface area contributed by atoms with Crippen LogP contribution in [0.15, 0.2) is 0 Å². The number of carbonyl (C=O) groups is 2. The molecule has 0 aromatic rings. The van der Waals surface area contributed by atoms with Gasteiger partial charge < -0.3 is 15.0 Å². The van der Waals surface area contributed by atoms with E-state index in [0.29, 0.717) is 6.42 Å². The lowest BCUT2D eigenvalue weighted by atomic mass is 10.1. The van der Waals surface area contributed by atoms with Crippen molar-refractivity contribution in [2.24, 2.45) is 0 Å². The van der Waals surface area contributed by atoms with Crippen LogP contribution in [0.5, 0.6) is 0 Å². The van der Waals surface area contributed by atoms with E-state index in [-0.39, 0.29) is 11.8 Å². The molecule has 0 fully saturated rings. The summed E-state index contributed by atoms with van der Waals surface area (Å²) in [5.41, 5.74) is 0. The van der Waals surface area contributed by atoms with Crippen molar-refractivity contribution in [2.75, 3.05) is 40.3 Å². The summed E-state index contributed by atoms with van der Waals surface area (Å²) in [6, 6.07) is -0.505. The van der Waals surface area contributed by atoms with Gasteiger partial charge in [0.15, 0.2) is 5.81 Å². The van der Waals surface area contributed by atoms with Crippen LogP contribution < -0.4 is 5.32 Å². The van der Waals surface area contributed by atoms with Gasteiger partial charge >= 0.3 is 5.97 Å². The number of amides is 1. The molecule has 0 rings (SSSR count). The average molecular weight is 262 g/mol. The monoisotopic (exact) mass is 262 g/mol. The van der Waals surface area contributed by atoms with Crippen LogP contribution in [0.3, 0.4) is 0 Å². The number of hydrogen-bond donors (Lipinski definition) is 1. The van der Waals surface area contributed by atoms with Crippen LogP contribution in [-0.4, -0.2) is 70.8 Å². The number of esters is 1. The molecule has 7 heteroatoms. The second-order valence-corrected chi connectivity index (χ2v) is 4.88. The Kier molecular flexibility index (Phi) is 13.0. The largest absolute Gasteiger partial charge is 0.467 e. The van der Waals surface area contributed by atoms with E-state index in [0.717, 1.165) is 5.75 Å². The summed E-state index contributed by atoms with van der Waals surface area (Å²) < 4.78 is 4.55. The fraction of sp³-hybridized carbons (Fsp3) is 0.800. The fourth-order valence-corrected chi connectivity index (χ4v) is 1.34. The molecule has 0 aliphatic rings. The third-order valence-corrected chi connectivity index (χ3v) is 2.12. The second-order valence-electron chi connectivity index (χ2n) is 3.90. The Labute approximate surface area is 109 Å². The Bertz CT molecular complexity index is 225.